The summed E-state index contributed by atoms with van der Waals surface area (Å²) in [7, 11) is 0. The van der Waals surface area contributed by atoms with Gasteiger partial charge in [-0.2, -0.15) is 5.10 Å². The third-order valence-corrected chi connectivity index (χ3v) is 4.30. The quantitative estimate of drug-likeness (QED) is 0.577. The van der Waals surface area contributed by atoms with Gasteiger partial charge >= 0.3 is 0 Å². The van der Waals surface area contributed by atoms with Crippen molar-refractivity contribution in [1.29, 1.82) is 0 Å². The number of anilines is 1. The van der Waals surface area contributed by atoms with Crippen molar-refractivity contribution >= 4 is 5.69 Å². The number of hydrogen-bond acceptors (Lipinski definition) is 4. The Morgan fingerprint density at radius 3 is 2.77 bits per heavy atom. The Bertz CT molecular complexity index is 988. The predicted octanol–water partition coefficient (Wildman–Crippen LogP) is 3.81. The van der Waals surface area contributed by atoms with Gasteiger partial charge in [0.05, 0.1) is 23.8 Å². The molecule has 3 heterocycles. The number of aromatic nitrogens is 5. The molecule has 6 heteroatoms. The first-order valence-electron chi connectivity index (χ1n) is 8.49. The number of nitrogens with one attached hydrogen (secondary N) is 2. The highest BCUT2D eigenvalue weighted by Gasteiger charge is 2.17. The number of rotatable bonds is 5. The van der Waals surface area contributed by atoms with Crippen molar-refractivity contribution in [2.45, 2.75) is 19.9 Å². The topological polar surface area (TPSA) is 71.4 Å². The second-order valence-electron chi connectivity index (χ2n) is 6.30. The van der Waals surface area contributed by atoms with Crippen LogP contribution in [-0.2, 0) is 0 Å². The molecule has 0 amide bonds. The van der Waals surface area contributed by atoms with Gasteiger partial charge in [-0.1, -0.05) is 23.8 Å². The second-order valence-corrected chi connectivity index (χ2v) is 6.30. The van der Waals surface area contributed by atoms with Crippen LogP contribution in [0.4, 0.5) is 5.69 Å². The molecular weight excluding hydrogens is 324 g/mol. The molecule has 0 unspecified atom stereocenters. The number of pyridine rings is 1. The molecule has 3 aromatic heterocycles. The van der Waals surface area contributed by atoms with Crippen molar-refractivity contribution in [3.05, 3.63) is 90.0 Å². The lowest BCUT2D eigenvalue weighted by atomic mass is 10.1. The maximum atomic E-state index is 4.51. The number of aryl methyl sites for hydroxylation is 2. The van der Waals surface area contributed by atoms with E-state index in [4.69, 9.17) is 0 Å². The van der Waals surface area contributed by atoms with E-state index in [0.29, 0.717) is 0 Å². The summed E-state index contributed by atoms with van der Waals surface area (Å²) >= 11 is 0. The molecule has 2 N–H and O–H groups in total. The molecule has 4 rings (SSSR count). The molecular formula is C20H20N6. The Balaban J connectivity index is 1.64. The summed E-state index contributed by atoms with van der Waals surface area (Å²) in [5.74, 6) is 0.831. The van der Waals surface area contributed by atoms with Gasteiger partial charge in [0.25, 0.3) is 0 Å². The Hall–Kier alpha value is -3.41. The monoisotopic (exact) mass is 344 g/mol. The van der Waals surface area contributed by atoms with Crippen molar-refractivity contribution in [3.63, 3.8) is 0 Å². The van der Waals surface area contributed by atoms with E-state index < -0.39 is 0 Å². The Labute approximate surface area is 152 Å². The normalized spacial score (nSPS) is 12.1. The van der Waals surface area contributed by atoms with Crippen molar-refractivity contribution in [2.24, 2.45) is 0 Å². The lowest BCUT2D eigenvalue weighted by Crippen LogP contribution is -2.13. The van der Waals surface area contributed by atoms with Gasteiger partial charge in [0, 0.05) is 30.4 Å². The zero-order valence-corrected chi connectivity index (χ0v) is 14.7. The van der Waals surface area contributed by atoms with Gasteiger partial charge in [-0.05, 0) is 31.5 Å². The Morgan fingerprint density at radius 1 is 1.12 bits per heavy atom. The molecule has 1 atom stereocenters. The van der Waals surface area contributed by atoms with Crippen LogP contribution in [0.15, 0.2) is 67.5 Å². The highest BCUT2D eigenvalue weighted by Crippen LogP contribution is 2.24. The summed E-state index contributed by atoms with van der Waals surface area (Å²) in [4.78, 5) is 11.8. The van der Waals surface area contributed by atoms with Crippen LogP contribution in [-0.4, -0.2) is 24.7 Å². The van der Waals surface area contributed by atoms with Gasteiger partial charge in [-0.25, -0.2) is 9.67 Å². The van der Waals surface area contributed by atoms with Crippen LogP contribution in [0.2, 0.25) is 0 Å². The fraction of sp³-hybridized carbons (Fsp3) is 0.150. The van der Waals surface area contributed by atoms with E-state index in [1.165, 1.54) is 11.1 Å². The molecule has 26 heavy (non-hydrogen) atoms. The standard InChI is InChI=1S/C20H20N6/c1-14-5-6-18(15(2)10-14)26-13-17(12-24-26)25-19(20-22-8-9-23-20)16-4-3-7-21-11-16/h3-13,19,25H,1-2H3,(H,22,23)/t19-/m1/s1. The van der Waals surface area contributed by atoms with E-state index in [9.17, 15) is 0 Å². The zero-order valence-electron chi connectivity index (χ0n) is 14.7. The molecule has 1 aromatic carbocycles. The van der Waals surface area contributed by atoms with Crippen molar-refractivity contribution in [1.82, 2.24) is 24.7 Å². The highest BCUT2D eigenvalue weighted by molar-refractivity contribution is 5.48. The summed E-state index contributed by atoms with van der Waals surface area (Å²) in [5, 5.41) is 8.01. The third kappa shape index (κ3) is 3.21. The van der Waals surface area contributed by atoms with E-state index >= 15 is 0 Å². The van der Waals surface area contributed by atoms with Crippen LogP contribution >= 0.6 is 0 Å². The van der Waals surface area contributed by atoms with Crippen LogP contribution in [0, 0.1) is 13.8 Å². The zero-order chi connectivity index (χ0) is 17.9. The first kappa shape index (κ1) is 16.1. The number of aromatic amines is 1. The van der Waals surface area contributed by atoms with Gasteiger partial charge in [0.2, 0.25) is 0 Å². The van der Waals surface area contributed by atoms with Crippen LogP contribution in [0.5, 0.6) is 0 Å². The van der Waals surface area contributed by atoms with E-state index in [1.807, 2.05) is 41.6 Å². The molecule has 0 spiro atoms. The molecule has 0 saturated heterocycles. The van der Waals surface area contributed by atoms with Gasteiger partial charge in [0.15, 0.2) is 0 Å². The minimum absolute atomic E-state index is 0.129. The molecule has 6 nitrogen and oxygen atoms in total. The minimum atomic E-state index is -0.129. The van der Waals surface area contributed by atoms with E-state index in [0.717, 1.165) is 22.8 Å². The first-order chi connectivity index (χ1) is 12.7. The summed E-state index contributed by atoms with van der Waals surface area (Å²) < 4.78 is 1.89. The van der Waals surface area contributed by atoms with Gasteiger partial charge in [-0.3, -0.25) is 4.98 Å². The maximum absolute atomic E-state index is 4.51. The lowest BCUT2D eigenvalue weighted by molar-refractivity contribution is 0.847. The number of H-pyrrole nitrogens is 1. The van der Waals surface area contributed by atoms with Crippen LogP contribution in [0.25, 0.3) is 5.69 Å². The molecule has 0 aliphatic carbocycles. The Morgan fingerprint density at radius 2 is 2.04 bits per heavy atom. The molecule has 0 fully saturated rings. The van der Waals surface area contributed by atoms with Crippen LogP contribution < -0.4 is 5.32 Å². The van der Waals surface area contributed by atoms with Crippen LogP contribution in [0.1, 0.15) is 28.6 Å². The Kier molecular flexibility index (Phi) is 4.23. The number of nitrogens with zero attached hydrogens (tertiary/aromatic N) is 4. The maximum Gasteiger partial charge on any atom is 0.133 e. The molecule has 0 aliphatic heterocycles. The molecule has 0 saturated carbocycles. The van der Waals surface area contributed by atoms with Crippen molar-refractivity contribution < 1.29 is 0 Å². The third-order valence-electron chi connectivity index (χ3n) is 4.30. The predicted molar refractivity (Wildman–Crippen MR) is 101 cm³/mol. The fourth-order valence-corrected chi connectivity index (χ4v) is 3.05. The summed E-state index contributed by atoms with van der Waals surface area (Å²) in [6, 6.07) is 10.2. The van der Waals surface area contributed by atoms with E-state index in [1.54, 1.807) is 12.4 Å². The van der Waals surface area contributed by atoms with Gasteiger partial charge in [-0.15, -0.1) is 0 Å². The molecule has 4 aromatic rings. The second kappa shape index (κ2) is 6.84. The average Bonchev–Trinajstić information content (AvgIpc) is 3.32. The van der Waals surface area contributed by atoms with Gasteiger partial charge in [0.1, 0.15) is 11.9 Å². The highest BCUT2D eigenvalue weighted by atomic mass is 15.3. The van der Waals surface area contributed by atoms with Crippen molar-refractivity contribution in [3.8, 4) is 5.69 Å². The smallest absolute Gasteiger partial charge is 0.133 e. The molecule has 0 bridgehead atoms. The molecule has 0 aliphatic rings. The minimum Gasteiger partial charge on any atom is -0.369 e. The summed E-state index contributed by atoms with van der Waals surface area (Å²) in [5.41, 5.74) is 5.44. The fourth-order valence-electron chi connectivity index (χ4n) is 3.05. The average molecular weight is 344 g/mol. The largest absolute Gasteiger partial charge is 0.369 e. The first-order valence-corrected chi connectivity index (χ1v) is 8.49. The number of hydrogen-bond donors (Lipinski definition) is 2. The number of imidazole rings is 1. The van der Waals surface area contributed by atoms with Crippen LogP contribution in [0.3, 0.4) is 0 Å². The van der Waals surface area contributed by atoms with E-state index in [-0.39, 0.29) is 6.04 Å². The number of benzene rings is 1. The van der Waals surface area contributed by atoms with E-state index in [2.05, 4.69) is 57.4 Å². The SMILES string of the molecule is Cc1ccc(-n2cc(N[C@H](c3cccnc3)c3ncc[nH]3)cn2)c(C)c1. The lowest BCUT2D eigenvalue weighted by Gasteiger charge is -2.16. The molecule has 130 valence electrons. The molecule has 0 radical (unpaired) electrons. The van der Waals surface area contributed by atoms with Crippen molar-refractivity contribution in [2.75, 3.05) is 5.32 Å². The van der Waals surface area contributed by atoms with Gasteiger partial charge < -0.3 is 10.3 Å². The summed E-state index contributed by atoms with van der Waals surface area (Å²) in [6.45, 7) is 4.19. The summed E-state index contributed by atoms with van der Waals surface area (Å²) in [6.07, 6.45) is 11.0.